The largest absolute Gasteiger partial charge is 0.469 e. The zero-order valence-electron chi connectivity index (χ0n) is 11.8. The molecule has 3 amide bonds. The van der Waals surface area contributed by atoms with E-state index < -0.39 is 17.9 Å². The number of rotatable bonds is 4. The number of methoxy groups -OCH3 is 1. The molecular formula is C13H16N4O4S. The van der Waals surface area contributed by atoms with Crippen LogP contribution in [0.3, 0.4) is 0 Å². The Morgan fingerprint density at radius 1 is 1.09 bits per heavy atom. The number of esters is 1. The normalized spacial score (nSPS) is 9.32. The summed E-state index contributed by atoms with van der Waals surface area (Å²) in [6.07, 6.45) is -0.114. The van der Waals surface area contributed by atoms with Gasteiger partial charge in [0.25, 0.3) is 0 Å². The van der Waals surface area contributed by atoms with Crippen molar-refractivity contribution in [3.05, 3.63) is 30.3 Å². The van der Waals surface area contributed by atoms with Crippen molar-refractivity contribution in [1.29, 1.82) is 0 Å². The van der Waals surface area contributed by atoms with Crippen molar-refractivity contribution in [3.63, 3.8) is 0 Å². The molecule has 0 saturated heterocycles. The first kappa shape index (κ1) is 17.4. The van der Waals surface area contributed by atoms with E-state index in [1.54, 1.807) is 24.3 Å². The molecule has 118 valence electrons. The number of nitrogens with one attached hydrogen (secondary N) is 4. The van der Waals surface area contributed by atoms with Crippen LogP contribution in [-0.2, 0) is 14.3 Å². The van der Waals surface area contributed by atoms with Crippen LogP contribution in [0.2, 0.25) is 0 Å². The summed E-state index contributed by atoms with van der Waals surface area (Å²) in [5.74, 6) is -0.956. The van der Waals surface area contributed by atoms with E-state index in [1.807, 2.05) is 6.07 Å². The Labute approximate surface area is 132 Å². The van der Waals surface area contributed by atoms with Crippen molar-refractivity contribution in [2.75, 3.05) is 12.4 Å². The van der Waals surface area contributed by atoms with Gasteiger partial charge in [0.1, 0.15) is 0 Å². The molecule has 0 saturated carbocycles. The Morgan fingerprint density at radius 2 is 1.77 bits per heavy atom. The van der Waals surface area contributed by atoms with Gasteiger partial charge in [-0.3, -0.25) is 15.0 Å². The summed E-state index contributed by atoms with van der Waals surface area (Å²) in [5.41, 5.74) is 5.23. The molecule has 1 aromatic rings. The van der Waals surface area contributed by atoms with Crippen molar-refractivity contribution in [2.24, 2.45) is 0 Å². The molecule has 0 aliphatic carbocycles. The number of hydrazine groups is 1. The highest BCUT2D eigenvalue weighted by Gasteiger charge is 2.09. The second-order valence-corrected chi connectivity index (χ2v) is 4.43. The van der Waals surface area contributed by atoms with E-state index >= 15 is 0 Å². The third-order valence-electron chi connectivity index (χ3n) is 2.36. The van der Waals surface area contributed by atoms with Gasteiger partial charge in [0, 0.05) is 12.1 Å². The summed E-state index contributed by atoms with van der Waals surface area (Å²) < 4.78 is 4.41. The van der Waals surface area contributed by atoms with Crippen LogP contribution >= 0.6 is 12.2 Å². The fraction of sp³-hybridized carbons (Fsp3) is 0.231. The number of ether oxygens (including phenoxy) is 1. The first-order chi connectivity index (χ1) is 10.5. The minimum absolute atomic E-state index is 0.0487. The van der Waals surface area contributed by atoms with Gasteiger partial charge in [-0.05, 0) is 24.4 Å². The van der Waals surface area contributed by atoms with E-state index in [2.05, 4.69) is 26.2 Å². The van der Waals surface area contributed by atoms with Gasteiger partial charge >= 0.3 is 12.0 Å². The summed E-state index contributed by atoms with van der Waals surface area (Å²) in [6, 6.07) is 8.25. The second kappa shape index (κ2) is 9.29. The van der Waals surface area contributed by atoms with Crippen LogP contribution in [0.1, 0.15) is 12.8 Å². The van der Waals surface area contributed by atoms with E-state index in [9.17, 15) is 14.4 Å². The minimum atomic E-state index is -0.544. The molecule has 4 N–H and O–H groups in total. The predicted octanol–water partition coefficient (Wildman–Crippen LogP) is 0.667. The van der Waals surface area contributed by atoms with Crippen molar-refractivity contribution in [3.8, 4) is 0 Å². The Kier molecular flexibility index (Phi) is 7.34. The molecule has 1 aromatic carbocycles. The van der Waals surface area contributed by atoms with Crippen LogP contribution in [-0.4, -0.2) is 30.1 Å². The number of thiocarbonyl (C=S) groups is 1. The highest BCUT2D eigenvalue weighted by atomic mass is 32.1. The van der Waals surface area contributed by atoms with Gasteiger partial charge in [0.15, 0.2) is 5.11 Å². The van der Waals surface area contributed by atoms with Crippen LogP contribution in [0, 0.1) is 0 Å². The van der Waals surface area contributed by atoms with Crippen LogP contribution in [0.5, 0.6) is 0 Å². The van der Waals surface area contributed by atoms with E-state index in [1.165, 1.54) is 7.11 Å². The molecule has 0 atom stereocenters. The third kappa shape index (κ3) is 7.20. The number of benzene rings is 1. The maximum Gasteiger partial charge on any atom is 0.337 e. The molecule has 22 heavy (non-hydrogen) atoms. The number of para-hydroxylation sites is 1. The summed E-state index contributed by atoms with van der Waals surface area (Å²) in [6.45, 7) is 0. The van der Waals surface area contributed by atoms with E-state index in [-0.39, 0.29) is 18.0 Å². The molecular weight excluding hydrogens is 308 g/mol. The maximum atomic E-state index is 11.5. The summed E-state index contributed by atoms with van der Waals surface area (Å²) >= 11 is 4.82. The highest BCUT2D eigenvalue weighted by Crippen LogP contribution is 2.03. The molecule has 0 heterocycles. The van der Waals surface area contributed by atoms with Crippen molar-refractivity contribution in [2.45, 2.75) is 12.8 Å². The zero-order chi connectivity index (χ0) is 16.4. The average Bonchev–Trinajstić information content (AvgIpc) is 2.51. The lowest BCUT2D eigenvalue weighted by Crippen LogP contribution is -2.49. The van der Waals surface area contributed by atoms with Crippen LogP contribution in [0.25, 0.3) is 0 Å². The quantitative estimate of drug-likeness (QED) is 0.368. The molecule has 0 aliphatic heterocycles. The Morgan fingerprint density at radius 3 is 2.41 bits per heavy atom. The highest BCUT2D eigenvalue weighted by molar-refractivity contribution is 7.80. The van der Waals surface area contributed by atoms with E-state index in [0.717, 1.165) is 0 Å². The average molecular weight is 324 g/mol. The maximum absolute atomic E-state index is 11.5. The monoisotopic (exact) mass is 324 g/mol. The second-order valence-electron chi connectivity index (χ2n) is 4.02. The summed E-state index contributed by atoms with van der Waals surface area (Å²) in [4.78, 5) is 33.8. The Hall–Kier alpha value is -2.68. The minimum Gasteiger partial charge on any atom is -0.469 e. The molecule has 9 heteroatoms. The first-order valence-corrected chi connectivity index (χ1v) is 6.70. The fourth-order valence-electron chi connectivity index (χ4n) is 1.34. The lowest BCUT2D eigenvalue weighted by Gasteiger charge is -2.11. The summed E-state index contributed by atoms with van der Waals surface area (Å²) in [5, 5.41) is 4.78. The number of carbonyl (C=O) groups excluding carboxylic acids is 3. The smallest absolute Gasteiger partial charge is 0.337 e. The van der Waals surface area contributed by atoms with Gasteiger partial charge in [-0.1, -0.05) is 18.2 Å². The number of carbonyl (C=O) groups is 3. The van der Waals surface area contributed by atoms with E-state index in [4.69, 9.17) is 12.2 Å². The number of hydrogen-bond donors (Lipinski definition) is 4. The molecule has 0 aromatic heterocycles. The standard InChI is InChI=1S/C13H16N4O4S/c1-21-11(19)8-7-10(18)15-13(22)17-16-12(20)14-9-5-3-2-4-6-9/h2-6H,7-8H2,1H3,(H2,14,16,20)(H2,15,17,18,22). The van der Waals surface area contributed by atoms with Gasteiger partial charge in [-0.25, -0.2) is 10.2 Å². The zero-order valence-corrected chi connectivity index (χ0v) is 12.7. The molecule has 0 fully saturated rings. The van der Waals surface area contributed by atoms with Crippen molar-refractivity contribution in [1.82, 2.24) is 16.2 Å². The van der Waals surface area contributed by atoms with Crippen LogP contribution < -0.4 is 21.5 Å². The SMILES string of the molecule is COC(=O)CCC(=O)NC(=S)NNC(=O)Nc1ccccc1. The van der Waals surface area contributed by atoms with E-state index in [0.29, 0.717) is 5.69 Å². The first-order valence-electron chi connectivity index (χ1n) is 6.30. The van der Waals surface area contributed by atoms with Gasteiger partial charge in [-0.15, -0.1) is 0 Å². The molecule has 8 nitrogen and oxygen atoms in total. The van der Waals surface area contributed by atoms with Gasteiger partial charge in [0.2, 0.25) is 5.91 Å². The molecule has 1 rings (SSSR count). The lowest BCUT2D eigenvalue weighted by atomic mass is 10.3. The lowest BCUT2D eigenvalue weighted by molar-refractivity contribution is -0.142. The van der Waals surface area contributed by atoms with Gasteiger partial charge in [0.05, 0.1) is 13.5 Å². The molecule has 0 unspecified atom stereocenters. The van der Waals surface area contributed by atoms with Crippen molar-refractivity contribution >= 4 is 40.9 Å². The molecule has 0 aliphatic rings. The van der Waals surface area contributed by atoms with Gasteiger partial charge in [-0.2, -0.15) is 0 Å². The third-order valence-corrected chi connectivity index (χ3v) is 2.56. The fourth-order valence-corrected chi connectivity index (χ4v) is 1.50. The predicted molar refractivity (Wildman–Crippen MR) is 83.7 cm³/mol. The number of urea groups is 1. The van der Waals surface area contributed by atoms with Crippen LogP contribution in [0.15, 0.2) is 30.3 Å². The number of hydrogen-bond acceptors (Lipinski definition) is 5. The summed E-state index contributed by atoms with van der Waals surface area (Å²) in [7, 11) is 1.24. The van der Waals surface area contributed by atoms with Crippen molar-refractivity contribution < 1.29 is 19.1 Å². The molecule has 0 bridgehead atoms. The topological polar surface area (TPSA) is 109 Å². The Bertz CT molecular complexity index is 550. The number of amides is 3. The molecule has 0 spiro atoms. The molecule has 0 radical (unpaired) electrons. The Balaban J connectivity index is 2.23. The van der Waals surface area contributed by atoms with Crippen LogP contribution in [0.4, 0.5) is 10.5 Å². The van der Waals surface area contributed by atoms with Gasteiger partial charge < -0.3 is 15.4 Å². The number of anilines is 1.